The summed E-state index contributed by atoms with van der Waals surface area (Å²) in [5, 5.41) is 17.9. The summed E-state index contributed by atoms with van der Waals surface area (Å²) < 4.78 is 11.4. The van der Waals surface area contributed by atoms with Crippen LogP contribution in [0.4, 0.5) is 11.5 Å². The van der Waals surface area contributed by atoms with Crippen molar-refractivity contribution >= 4 is 22.4 Å². The number of hydrogen-bond acceptors (Lipinski definition) is 6. The molecule has 7 nitrogen and oxygen atoms in total. The zero-order valence-corrected chi connectivity index (χ0v) is 15.7. The third kappa shape index (κ3) is 3.52. The first kappa shape index (κ1) is 17.3. The zero-order valence-electron chi connectivity index (χ0n) is 15.7. The van der Waals surface area contributed by atoms with Crippen molar-refractivity contribution in [1.29, 1.82) is 5.26 Å². The van der Waals surface area contributed by atoms with Gasteiger partial charge in [0.25, 0.3) is 0 Å². The van der Waals surface area contributed by atoms with Gasteiger partial charge in [0.05, 0.1) is 0 Å². The molecule has 0 radical (unpaired) electrons. The van der Waals surface area contributed by atoms with E-state index in [1.54, 1.807) is 12.1 Å². The van der Waals surface area contributed by atoms with Crippen LogP contribution < -0.4 is 10.1 Å². The molecule has 7 heteroatoms. The van der Waals surface area contributed by atoms with E-state index in [9.17, 15) is 5.26 Å². The Bertz CT molecular complexity index is 1220. The minimum absolute atomic E-state index is 0.285. The van der Waals surface area contributed by atoms with Crippen LogP contribution in [0.1, 0.15) is 35.6 Å². The van der Waals surface area contributed by atoms with Gasteiger partial charge in [0, 0.05) is 41.5 Å². The van der Waals surface area contributed by atoms with E-state index in [0.717, 1.165) is 53.7 Å². The number of ether oxygens (including phenoxy) is 1. The highest BCUT2D eigenvalue weighted by Crippen LogP contribution is 2.27. The Morgan fingerprint density at radius 2 is 2.10 bits per heavy atom. The summed E-state index contributed by atoms with van der Waals surface area (Å²) in [6, 6.07) is 13.5. The van der Waals surface area contributed by atoms with Crippen molar-refractivity contribution in [2.45, 2.75) is 32.3 Å². The molecular formula is C22H19N5O2. The number of fused-ring (bicyclic) bond motifs is 2. The highest BCUT2D eigenvalue weighted by Gasteiger charge is 2.19. The van der Waals surface area contributed by atoms with E-state index in [1.165, 1.54) is 5.56 Å². The predicted molar refractivity (Wildman–Crippen MR) is 108 cm³/mol. The van der Waals surface area contributed by atoms with Crippen LogP contribution in [0.25, 0.3) is 10.9 Å². The number of nitrogens with one attached hydrogen (secondary N) is 2. The summed E-state index contributed by atoms with van der Waals surface area (Å²) in [4.78, 5) is 7.52. The van der Waals surface area contributed by atoms with E-state index < -0.39 is 0 Å². The van der Waals surface area contributed by atoms with Gasteiger partial charge in [-0.15, -0.1) is 0 Å². The van der Waals surface area contributed by atoms with Crippen LogP contribution in [-0.2, 0) is 19.4 Å². The number of aromatic nitrogens is 3. The molecule has 29 heavy (non-hydrogen) atoms. The average molecular weight is 385 g/mol. The maximum Gasteiger partial charge on any atom is 0.146 e. The highest BCUT2D eigenvalue weighted by molar-refractivity contribution is 5.83. The second kappa shape index (κ2) is 7.32. The third-order valence-electron chi connectivity index (χ3n) is 5.15. The van der Waals surface area contributed by atoms with Crippen molar-refractivity contribution in [3.05, 3.63) is 65.3 Å². The lowest BCUT2D eigenvalue weighted by Crippen LogP contribution is -2.05. The minimum atomic E-state index is 0.285. The second-order valence-corrected chi connectivity index (χ2v) is 7.12. The number of H-pyrrole nitrogens is 1. The fourth-order valence-electron chi connectivity index (χ4n) is 3.70. The van der Waals surface area contributed by atoms with Crippen LogP contribution in [0, 0.1) is 11.3 Å². The molecular weight excluding hydrogens is 366 g/mol. The number of nitrogens with zero attached hydrogens (tertiary/aromatic N) is 3. The molecule has 144 valence electrons. The van der Waals surface area contributed by atoms with Crippen LogP contribution in [0.2, 0.25) is 0 Å². The SMILES string of the molecule is N#Cc1cc(OCc2noc3c2CCCC3)cc(Nc2ccc3cc[nH]c3c2)n1. The van der Waals surface area contributed by atoms with Crippen molar-refractivity contribution in [2.24, 2.45) is 0 Å². The van der Waals surface area contributed by atoms with Gasteiger partial charge in [-0.25, -0.2) is 4.98 Å². The monoisotopic (exact) mass is 385 g/mol. The molecule has 1 aliphatic rings. The summed E-state index contributed by atoms with van der Waals surface area (Å²) in [6.07, 6.45) is 6.11. The number of nitriles is 1. The van der Waals surface area contributed by atoms with Crippen molar-refractivity contribution in [3.8, 4) is 11.8 Å². The van der Waals surface area contributed by atoms with Crippen LogP contribution in [0.3, 0.4) is 0 Å². The largest absolute Gasteiger partial charge is 0.487 e. The van der Waals surface area contributed by atoms with Crippen molar-refractivity contribution in [3.63, 3.8) is 0 Å². The van der Waals surface area contributed by atoms with Gasteiger partial charge in [-0.2, -0.15) is 5.26 Å². The zero-order chi connectivity index (χ0) is 19.6. The predicted octanol–water partition coefficient (Wildman–Crippen LogP) is 4.62. The van der Waals surface area contributed by atoms with Crippen LogP contribution in [-0.4, -0.2) is 15.1 Å². The van der Waals surface area contributed by atoms with E-state index in [4.69, 9.17) is 9.26 Å². The normalized spacial score (nSPS) is 13.1. The summed E-state index contributed by atoms with van der Waals surface area (Å²) >= 11 is 0. The average Bonchev–Trinajstić information content (AvgIpc) is 3.38. The van der Waals surface area contributed by atoms with Crippen LogP contribution in [0.15, 0.2) is 47.1 Å². The van der Waals surface area contributed by atoms with Gasteiger partial charge in [-0.05, 0) is 42.8 Å². The third-order valence-corrected chi connectivity index (χ3v) is 5.15. The van der Waals surface area contributed by atoms with E-state index >= 15 is 0 Å². The highest BCUT2D eigenvalue weighted by atomic mass is 16.5. The van der Waals surface area contributed by atoms with Gasteiger partial charge >= 0.3 is 0 Å². The van der Waals surface area contributed by atoms with Gasteiger partial charge in [0.1, 0.15) is 41.4 Å². The Labute approximate surface area is 167 Å². The van der Waals surface area contributed by atoms with Crippen molar-refractivity contribution < 1.29 is 9.26 Å². The molecule has 0 saturated heterocycles. The van der Waals surface area contributed by atoms with E-state index in [-0.39, 0.29) is 5.69 Å². The van der Waals surface area contributed by atoms with Gasteiger partial charge in [0.15, 0.2) is 0 Å². The molecule has 4 aromatic rings. The molecule has 3 heterocycles. The van der Waals surface area contributed by atoms with E-state index in [2.05, 4.69) is 26.5 Å². The lowest BCUT2D eigenvalue weighted by atomic mass is 9.97. The lowest BCUT2D eigenvalue weighted by molar-refractivity contribution is 0.286. The molecule has 0 amide bonds. The maximum absolute atomic E-state index is 9.35. The van der Waals surface area contributed by atoms with Crippen molar-refractivity contribution in [2.75, 3.05) is 5.32 Å². The first-order chi connectivity index (χ1) is 14.3. The number of aromatic amines is 1. The Balaban J connectivity index is 1.36. The Morgan fingerprint density at radius 3 is 3.03 bits per heavy atom. The standard InChI is InChI=1S/C22H19N5O2/c23-12-16-9-17(28-13-20-18-3-1-2-4-21(18)29-27-20)11-22(26-16)25-15-6-5-14-7-8-24-19(14)10-15/h5-11,24H,1-4,13H2,(H,25,26). The van der Waals surface area contributed by atoms with E-state index in [0.29, 0.717) is 18.2 Å². The molecule has 0 bridgehead atoms. The summed E-state index contributed by atoms with van der Waals surface area (Å²) in [7, 11) is 0. The summed E-state index contributed by atoms with van der Waals surface area (Å²) in [6.45, 7) is 0.307. The summed E-state index contributed by atoms with van der Waals surface area (Å²) in [5.41, 5.74) is 4.19. The fraction of sp³-hybridized carbons (Fsp3) is 0.227. The maximum atomic E-state index is 9.35. The van der Waals surface area contributed by atoms with Crippen molar-refractivity contribution in [1.82, 2.24) is 15.1 Å². The number of pyridine rings is 1. The number of benzene rings is 1. The molecule has 1 aromatic carbocycles. The molecule has 0 unspecified atom stereocenters. The Kier molecular flexibility index (Phi) is 4.37. The van der Waals surface area contributed by atoms with E-state index in [1.807, 2.05) is 30.5 Å². The number of anilines is 2. The first-order valence-corrected chi connectivity index (χ1v) is 9.64. The smallest absolute Gasteiger partial charge is 0.146 e. The second-order valence-electron chi connectivity index (χ2n) is 7.12. The Morgan fingerprint density at radius 1 is 1.17 bits per heavy atom. The minimum Gasteiger partial charge on any atom is -0.487 e. The molecule has 0 spiro atoms. The molecule has 0 atom stereocenters. The van der Waals surface area contributed by atoms with Crippen LogP contribution in [0.5, 0.6) is 5.75 Å². The molecule has 5 rings (SSSR count). The molecule has 0 fully saturated rings. The number of rotatable bonds is 5. The molecule has 2 N–H and O–H groups in total. The quantitative estimate of drug-likeness (QED) is 0.520. The topological polar surface area (TPSA) is 99.8 Å². The molecule has 3 aromatic heterocycles. The van der Waals surface area contributed by atoms with Gasteiger partial charge in [-0.3, -0.25) is 0 Å². The summed E-state index contributed by atoms with van der Waals surface area (Å²) in [5.74, 6) is 2.09. The van der Waals surface area contributed by atoms with Gasteiger partial charge in [0.2, 0.25) is 0 Å². The number of aryl methyl sites for hydroxylation is 1. The Hall–Kier alpha value is -3.79. The molecule has 0 aliphatic heterocycles. The van der Waals surface area contributed by atoms with Gasteiger partial charge < -0.3 is 19.6 Å². The molecule has 1 aliphatic carbocycles. The first-order valence-electron chi connectivity index (χ1n) is 9.64. The molecule has 0 saturated carbocycles. The fourth-order valence-corrected chi connectivity index (χ4v) is 3.70. The number of hydrogen-bond donors (Lipinski definition) is 2. The lowest BCUT2D eigenvalue weighted by Gasteiger charge is -2.11. The van der Waals surface area contributed by atoms with Crippen LogP contribution >= 0.6 is 0 Å². The van der Waals surface area contributed by atoms with Gasteiger partial charge in [-0.1, -0.05) is 11.2 Å².